The maximum atomic E-state index is 9.07. The Kier molecular flexibility index (Phi) is 3.16. The highest BCUT2D eigenvalue weighted by Gasteiger charge is 2.26. The van der Waals surface area contributed by atoms with Gasteiger partial charge in [-0.1, -0.05) is 0 Å². The summed E-state index contributed by atoms with van der Waals surface area (Å²) in [5.74, 6) is 0.927. The lowest BCUT2D eigenvalue weighted by Crippen LogP contribution is -2.42. The van der Waals surface area contributed by atoms with E-state index in [2.05, 4.69) is 14.9 Å². The third kappa shape index (κ3) is 2.09. The SMILES string of the molecule is Cc1nccnc1N(CCO)C1CCC1. The Hall–Kier alpha value is -1.16. The van der Waals surface area contributed by atoms with E-state index in [1.165, 1.54) is 19.3 Å². The Morgan fingerprint density at radius 3 is 2.67 bits per heavy atom. The zero-order valence-electron chi connectivity index (χ0n) is 9.06. The lowest BCUT2D eigenvalue weighted by atomic mass is 9.91. The van der Waals surface area contributed by atoms with Crippen LogP contribution in [0.25, 0.3) is 0 Å². The lowest BCUT2D eigenvalue weighted by molar-refractivity contribution is 0.282. The predicted octanol–water partition coefficient (Wildman–Crippen LogP) is 1.14. The standard InChI is InChI=1S/C11H17N3O/c1-9-11(13-6-5-12-9)14(7-8-15)10-3-2-4-10/h5-6,10,15H,2-4,7-8H2,1H3. The van der Waals surface area contributed by atoms with Crippen LogP contribution in [-0.2, 0) is 0 Å². The van der Waals surface area contributed by atoms with Gasteiger partial charge >= 0.3 is 0 Å². The molecule has 1 aliphatic carbocycles. The minimum Gasteiger partial charge on any atom is -0.395 e. The largest absolute Gasteiger partial charge is 0.395 e. The van der Waals surface area contributed by atoms with Crippen molar-refractivity contribution in [1.29, 1.82) is 0 Å². The molecule has 82 valence electrons. The van der Waals surface area contributed by atoms with E-state index in [-0.39, 0.29) is 6.61 Å². The van der Waals surface area contributed by atoms with Crippen LogP contribution in [0.3, 0.4) is 0 Å². The maximum absolute atomic E-state index is 9.07. The molecule has 1 heterocycles. The minimum atomic E-state index is 0.173. The van der Waals surface area contributed by atoms with Gasteiger partial charge in [-0.05, 0) is 26.2 Å². The highest BCUT2D eigenvalue weighted by Crippen LogP contribution is 2.28. The van der Waals surface area contributed by atoms with Crippen molar-refractivity contribution in [2.75, 3.05) is 18.1 Å². The molecule has 4 heteroatoms. The first-order valence-electron chi connectivity index (χ1n) is 5.48. The van der Waals surface area contributed by atoms with E-state index in [0.717, 1.165) is 11.5 Å². The Bertz CT molecular complexity index is 325. The van der Waals surface area contributed by atoms with Gasteiger partial charge in [-0.15, -0.1) is 0 Å². The lowest BCUT2D eigenvalue weighted by Gasteiger charge is -2.38. The maximum Gasteiger partial charge on any atom is 0.150 e. The molecule has 0 radical (unpaired) electrons. The second-order valence-corrected chi connectivity index (χ2v) is 3.97. The van der Waals surface area contributed by atoms with Crippen molar-refractivity contribution in [2.45, 2.75) is 32.2 Å². The van der Waals surface area contributed by atoms with Gasteiger partial charge in [-0.3, -0.25) is 4.98 Å². The molecule has 1 aromatic rings. The first-order chi connectivity index (χ1) is 7.33. The van der Waals surface area contributed by atoms with Crippen molar-refractivity contribution in [3.05, 3.63) is 18.1 Å². The molecule has 0 unspecified atom stereocenters. The Labute approximate surface area is 90.0 Å². The number of anilines is 1. The van der Waals surface area contributed by atoms with Crippen LogP contribution in [0.2, 0.25) is 0 Å². The van der Waals surface area contributed by atoms with Crippen LogP contribution in [0.1, 0.15) is 25.0 Å². The summed E-state index contributed by atoms with van der Waals surface area (Å²) in [4.78, 5) is 10.8. The number of rotatable bonds is 4. The molecule has 15 heavy (non-hydrogen) atoms. The quantitative estimate of drug-likeness (QED) is 0.804. The summed E-state index contributed by atoms with van der Waals surface area (Å²) >= 11 is 0. The van der Waals surface area contributed by atoms with Crippen molar-refractivity contribution < 1.29 is 5.11 Å². The Balaban J connectivity index is 2.19. The van der Waals surface area contributed by atoms with E-state index in [9.17, 15) is 0 Å². The zero-order valence-corrected chi connectivity index (χ0v) is 9.06. The molecule has 2 rings (SSSR count). The molecular weight excluding hydrogens is 190 g/mol. The highest BCUT2D eigenvalue weighted by molar-refractivity contribution is 5.44. The van der Waals surface area contributed by atoms with Gasteiger partial charge in [0, 0.05) is 25.0 Å². The molecule has 0 saturated heterocycles. The van der Waals surface area contributed by atoms with Crippen LogP contribution in [-0.4, -0.2) is 34.3 Å². The molecule has 0 bridgehead atoms. The molecule has 0 aromatic carbocycles. The van der Waals surface area contributed by atoms with Gasteiger partial charge in [0.05, 0.1) is 12.3 Å². The molecule has 1 aromatic heterocycles. The Morgan fingerprint density at radius 2 is 2.13 bits per heavy atom. The summed E-state index contributed by atoms with van der Waals surface area (Å²) in [6.07, 6.45) is 7.11. The van der Waals surface area contributed by atoms with Crippen LogP contribution in [0.15, 0.2) is 12.4 Å². The monoisotopic (exact) mass is 207 g/mol. The van der Waals surface area contributed by atoms with Crippen molar-refractivity contribution in [1.82, 2.24) is 9.97 Å². The fourth-order valence-corrected chi connectivity index (χ4v) is 1.95. The third-order valence-corrected chi connectivity index (χ3v) is 2.98. The topological polar surface area (TPSA) is 49.2 Å². The summed E-state index contributed by atoms with van der Waals surface area (Å²) in [5.41, 5.74) is 0.942. The molecule has 0 spiro atoms. The fourth-order valence-electron chi connectivity index (χ4n) is 1.95. The molecule has 1 saturated carbocycles. The van der Waals surface area contributed by atoms with Crippen molar-refractivity contribution in [2.24, 2.45) is 0 Å². The number of aliphatic hydroxyl groups is 1. The molecule has 4 nitrogen and oxygen atoms in total. The minimum absolute atomic E-state index is 0.173. The van der Waals surface area contributed by atoms with E-state index >= 15 is 0 Å². The second kappa shape index (κ2) is 4.57. The molecule has 1 fully saturated rings. The summed E-state index contributed by atoms with van der Waals surface area (Å²) < 4.78 is 0. The van der Waals surface area contributed by atoms with E-state index < -0.39 is 0 Å². The van der Waals surface area contributed by atoms with Crippen LogP contribution >= 0.6 is 0 Å². The van der Waals surface area contributed by atoms with Gasteiger partial charge in [0.25, 0.3) is 0 Å². The van der Waals surface area contributed by atoms with Crippen LogP contribution in [0.5, 0.6) is 0 Å². The van der Waals surface area contributed by atoms with E-state index in [4.69, 9.17) is 5.11 Å². The van der Waals surface area contributed by atoms with Crippen LogP contribution in [0.4, 0.5) is 5.82 Å². The summed E-state index contributed by atoms with van der Waals surface area (Å²) in [7, 11) is 0. The number of nitrogens with zero attached hydrogens (tertiary/aromatic N) is 3. The summed E-state index contributed by atoms with van der Waals surface area (Å²) in [6.45, 7) is 2.79. The van der Waals surface area contributed by atoms with E-state index in [1.54, 1.807) is 12.4 Å². The van der Waals surface area contributed by atoms with Gasteiger partial charge in [0.1, 0.15) is 5.82 Å². The van der Waals surface area contributed by atoms with Gasteiger partial charge in [-0.25, -0.2) is 4.98 Å². The molecule has 0 atom stereocenters. The van der Waals surface area contributed by atoms with Gasteiger partial charge < -0.3 is 10.0 Å². The number of hydrogen-bond acceptors (Lipinski definition) is 4. The molecule has 1 N–H and O–H groups in total. The first-order valence-corrected chi connectivity index (χ1v) is 5.48. The van der Waals surface area contributed by atoms with Gasteiger partial charge in [-0.2, -0.15) is 0 Å². The number of aromatic nitrogens is 2. The number of aryl methyl sites for hydroxylation is 1. The summed E-state index contributed by atoms with van der Waals surface area (Å²) in [5, 5.41) is 9.07. The number of hydrogen-bond donors (Lipinski definition) is 1. The van der Waals surface area contributed by atoms with Crippen molar-refractivity contribution >= 4 is 5.82 Å². The van der Waals surface area contributed by atoms with Crippen molar-refractivity contribution in [3.8, 4) is 0 Å². The second-order valence-electron chi connectivity index (χ2n) is 3.97. The number of aliphatic hydroxyl groups excluding tert-OH is 1. The Morgan fingerprint density at radius 1 is 1.40 bits per heavy atom. The van der Waals surface area contributed by atoms with Gasteiger partial charge in [0.15, 0.2) is 0 Å². The van der Waals surface area contributed by atoms with Crippen LogP contribution in [0, 0.1) is 6.92 Å². The van der Waals surface area contributed by atoms with Crippen LogP contribution < -0.4 is 4.90 Å². The first kappa shape index (κ1) is 10.4. The molecule has 0 aliphatic heterocycles. The normalized spacial score (nSPS) is 16.1. The predicted molar refractivity (Wildman–Crippen MR) is 58.8 cm³/mol. The summed E-state index contributed by atoms with van der Waals surface area (Å²) in [6, 6.07) is 0.549. The third-order valence-electron chi connectivity index (χ3n) is 2.98. The van der Waals surface area contributed by atoms with E-state index in [1.807, 2.05) is 6.92 Å². The molecule has 1 aliphatic rings. The van der Waals surface area contributed by atoms with Crippen molar-refractivity contribution in [3.63, 3.8) is 0 Å². The molecular formula is C11H17N3O. The molecule has 0 amide bonds. The smallest absolute Gasteiger partial charge is 0.150 e. The average Bonchev–Trinajstić information content (AvgIpc) is 2.15. The highest BCUT2D eigenvalue weighted by atomic mass is 16.3. The van der Waals surface area contributed by atoms with Gasteiger partial charge in [0.2, 0.25) is 0 Å². The van der Waals surface area contributed by atoms with E-state index in [0.29, 0.717) is 12.6 Å². The fraction of sp³-hybridized carbons (Fsp3) is 0.636. The average molecular weight is 207 g/mol. The zero-order chi connectivity index (χ0) is 10.7.